The molecule has 27 heavy (non-hydrogen) atoms. The lowest BCUT2D eigenvalue weighted by Crippen LogP contribution is -2.36. The van der Waals surface area contributed by atoms with E-state index in [4.69, 9.17) is 0 Å². The summed E-state index contributed by atoms with van der Waals surface area (Å²) in [7, 11) is 0. The number of carbonyl (C=O) groups is 1. The molecule has 0 spiro atoms. The van der Waals surface area contributed by atoms with E-state index in [9.17, 15) is 9.59 Å². The minimum Gasteiger partial charge on any atom is -0.351 e. The third-order valence-electron chi connectivity index (χ3n) is 5.95. The average molecular weight is 365 g/mol. The number of nitrogens with one attached hydrogen (secondary N) is 2. The van der Waals surface area contributed by atoms with Crippen LogP contribution in [-0.2, 0) is 12.8 Å². The molecule has 4 rings (SSSR count). The van der Waals surface area contributed by atoms with Gasteiger partial charge in [-0.25, -0.2) is 0 Å². The highest BCUT2D eigenvalue weighted by atomic mass is 16.2. The van der Waals surface area contributed by atoms with Crippen molar-refractivity contribution in [1.82, 2.24) is 15.2 Å². The Morgan fingerprint density at radius 2 is 2.15 bits per heavy atom. The van der Waals surface area contributed by atoms with Crippen LogP contribution in [0.1, 0.15) is 51.5 Å². The van der Waals surface area contributed by atoms with E-state index in [0.29, 0.717) is 12.5 Å². The lowest BCUT2D eigenvalue weighted by Gasteiger charge is -2.17. The number of aromatic nitrogens is 1. The summed E-state index contributed by atoms with van der Waals surface area (Å²) < 4.78 is 0. The number of carbonyl (C=O) groups excluding carboxylic acids is 1. The number of H-pyrrole nitrogens is 1. The minimum atomic E-state index is -0.270. The zero-order valence-corrected chi connectivity index (χ0v) is 15.9. The molecule has 0 saturated carbocycles. The highest BCUT2D eigenvalue weighted by molar-refractivity contribution is 5.94. The first-order chi connectivity index (χ1) is 13.1. The molecular weight excluding hydrogens is 338 g/mol. The van der Waals surface area contributed by atoms with Gasteiger partial charge in [-0.2, -0.15) is 0 Å². The Bertz CT molecular complexity index is 903. The first-order valence-electron chi connectivity index (χ1n) is 9.93. The van der Waals surface area contributed by atoms with Crippen LogP contribution in [0.15, 0.2) is 35.1 Å². The average Bonchev–Trinajstić information content (AvgIpc) is 3.30. The number of pyridine rings is 1. The van der Waals surface area contributed by atoms with E-state index in [1.807, 2.05) is 0 Å². The van der Waals surface area contributed by atoms with Crippen molar-refractivity contribution in [2.24, 2.45) is 0 Å². The number of amides is 1. The van der Waals surface area contributed by atoms with Crippen molar-refractivity contribution in [3.8, 4) is 0 Å². The van der Waals surface area contributed by atoms with Gasteiger partial charge in [0.25, 0.3) is 11.5 Å². The van der Waals surface area contributed by atoms with Gasteiger partial charge in [0.2, 0.25) is 0 Å². The molecular formula is C22H27N3O2. The van der Waals surface area contributed by atoms with Crippen molar-refractivity contribution in [1.29, 1.82) is 0 Å². The van der Waals surface area contributed by atoms with Crippen molar-refractivity contribution >= 4 is 5.91 Å². The predicted octanol–water partition coefficient (Wildman–Crippen LogP) is 2.39. The monoisotopic (exact) mass is 365 g/mol. The molecule has 0 bridgehead atoms. The second kappa shape index (κ2) is 7.69. The molecule has 0 unspecified atom stereocenters. The van der Waals surface area contributed by atoms with Gasteiger partial charge in [0.1, 0.15) is 5.56 Å². The first-order valence-corrected chi connectivity index (χ1v) is 9.93. The van der Waals surface area contributed by atoms with Crippen LogP contribution in [0.25, 0.3) is 0 Å². The summed E-state index contributed by atoms with van der Waals surface area (Å²) in [6.07, 6.45) is 4.06. The molecule has 2 N–H and O–H groups in total. The van der Waals surface area contributed by atoms with Crippen LogP contribution in [-0.4, -0.2) is 42.0 Å². The van der Waals surface area contributed by atoms with Crippen LogP contribution >= 0.6 is 0 Å². The molecule has 5 heteroatoms. The van der Waals surface area contributed by atoms with Gasteiger partial charge in [0.05, 0.1) is 0 Å². The van der Waals surface area contributed by atoms with Crippen LogP contribution in [0.2, 0.25) is 0 Å². The van der Waals surface area contributed by atoms with E-state index in [-0.39, 0.29) is 17.0 Å². The molecule has 1 fully saturated rings. The third-order valence-corrected chi connectivity index (χ3v) is 5.95. The van der Waals surface area contributed by atoms with Crippen LogP contribution in [0.4, 0.5) is 0 Å². The number of aromatic amines is 1. The van der Waals surface area contributed by atoms with Gasteiger partial charge in [-0.05, 0) is 67.8 Å². The Labute approximate surface area is 159 Å². The largest absolute Gasteiger partial charge is 0.351 e. The van der Waals surface area contributed by atoms with Gasteiger partial charge in [0, 0.05) is 25.3 Å². The minimum absolute atomic E-state index is 0.245. The molecule has 1 aromatic heterocycles. The molecule has 2 aliphatic rings. The van der Waals surface area contributed by atoms with Crippen molar-refractivity contribution in [2.45, 2.75) is 38.5 Å². The number of rotatable bonds is 5. The Hall–Kier alpha value is -2.40. The summed E-state index contributed by atoms with van der Waals surface area (Å²) in [5.41, 5.74) is 4.88. The summed E-state index contributed by atoms with van der Waals surface area (Å²) in [6, 6.07) is 10.4. The molecule has 142 valence electrons. The SMILES string of the molecule is Cc1ccccc1[C@@H]1CCN(CCNC(=O)c2cc3c([nH]c2=O)CCC3)C1. The predicted molar refractivity (Wildman–Crippen MR) is 106 cm³/mol. The molecule has 5 nitrogen and oxygen atoms in total. The highest BCUT2D eigenvalue weighted by Crippen LogP contribution is 2.28. The lowest BCUT2D eigenvalue weighted by molar-refractivity contribution is 0.0948. The summed E-state index contributed by atoms with van der Waals surface area (Å²) in [5, 5.41) is 2.92. The maximum absolute atomic E-state index is 12.4. The Kier molecular flexibility index (Phi) is 5.12. The van der Waals surface area contributed by atoms with E-state index >= 15 is 0 Å². The summed E-state index contributed by atoms with van der Waals surface area (Å²) in [4.78, 5) is 29.8. The fraction of sp³-hybridized carbons (Fsp3) is 0.455. The Morgan fingerprint density at radius 3 is 3.00 bits per heavy atom. The van der Waals surface area contributed by atoms with Crippen LogP contribution in [0.5, 0.6) is 0 Å². The van der Waals surface area contributed by atoms with Crippen LogP contribution < -0.4 is 10.9 Å². The van der Waals surface area contributed by atoms with Gasteiger partial charge in [-0.1, -0.05) is 24.3 Å². The van der Waals surface area contributed by atoms with Crippen molar-refractivity contribution < 1.29 is 4.79 Å². The van der Waals surface area contributed by atoms with Gasteiger partial charge in [0.15, 0.2) is 0 Å². The van der Waals surface area contributed by atoms with Gasteiger partial charge >= 0.3 is 0 Å². The Balaban J connectivity index is 1.30. The quantitative estimate of drug-likeness (QED) is 0.855. The maximum atomic E-state index is 12.4. The number of benzene rings is 1. The molecule has 2 heterocycles. The van der Waals surface area contributed by atoms with Gasteiger partial charge in [-0.15, -0.1) is 0 Å². The summed E-state index contributed by atoms with van der Waals surface area (Å²) in [5.74, 6) is 0.307. The maximum Gasteiger partial charge on any atom is 0.261 e. The number of nitrogens with zero attached hydrogens (tertiary/aromatic N) is 1. The second-order valence-corrected chi connectivity index (χ2v) is 7.77. The number of hydrogen-bond acceptors (Lipinski definition) is 3. The molecule has 2 aromatic rings. The fourth-order valence-corrected chi connectivity index (χ4v) is 4.44. The Morgan fingerprint density at radius 1 is 1.30 bits per heavy atom. The molecule has 1 saturated heterocycles. The zero-order valence-electron chi connectivity index (χ0n) is 15.9. The van der Waals surface area contributed by atoms with Crippen LogP contribution in [0.3, 0.4) is 0 Å². The normalized spacial score (nSPS) is 19.2. The molecule has 1 aliphatic heterocycles. The standard InChI is InChI=1S/C22H27N3O2/c1-15-5-2-3-7-18(15)17-9-11-25(14-17)12-10-23-21(26)19-13-16-6-4-8-20(16)24-22(19)27/h2-3,5,7,13,17H,4,6,8-12,14H2,1H3,(H,23,26)(H,24,27)/t17-/m1/s1. The van der Waals surface area contributed by atoms with E-state index in [1.165, 1.54) is 11.1 Å². The van der Waals surface area contributed by atoms with Crippen molar-refractivity contribution in [2.75, 3.05) is 26.2 Å². The number of aryl methyl sites for hydroxylation is 3. The number of likely N-dealkylation sites (tertiary alicyclic amines) is 1. The van der Waals surface area contributed by atoms with Crippen molar-refractivity contribution in [3.63, 3.8) is 0 Å². The van der Waals surface area contributed by atoms with E-state index in [0.717, 1.165) is 56.6 Å². The lowest BCUT2D eigenvalue weighted by atomic mass is 9.94. The van der Waals surface area contributed by atoms with E-state index in [2.05, 4.69) is 46.4 Å². The highest BCUT2D eigenvalue weighted by Gasteiger charge is 2.24. The third kappa shape index (κ3) is 3.83. The molecule has 1 atom stereocenters. The van der Waals surface area contributed by atoms with Gasteiger partial charge < -0.3 is 15.2 Å². The molecule has 1 amide bonds. The number of hydrogen-bond donors (Lipinski definition) is 2. The topological polar surface area (TPSA) is 65.2 Å². The number of fused-ring (bicyclic) bond motifs is 1. The summed E-state index contributed by atoms with van der Waals surface area (Å²) in [6.45, 7) is 5.63. The zero-order chi connectivity index (χ0) is 18.8. The summed E-state index contributed by atoms with van der Waals surface area (Å²) >= 11 is 0. The molecule has 1 aromatic carbocycles. The molecule has 0 radical (unpaired) electrons. The van der Waals surface area contributed by atoms with Crippen LogP contribution in [0, 0.1) is 6.92 Å². The van der Waals surface area contributed by atoms with Gasteiger partial charge in [-0.3, -0.25) is 9.59 Å². The van der Waals surface area contributed by atoms with E-state index in [1.54, 1.807) is 6.07 Å². The van der Waals surface area contributed by atoms with E-state index < -0.39 is 0 Å². The smallest absolute Gasteiger partial charge is 0.261 e. The molecule has 1 aliphatic carbocycles. The first kappa shape index (κ1) is 18.0. The second-order valence-electron chi connectivity index (χ2n) is 7.77. The van der Waals surface area contributed by atoms with Crippen molar-refractivity contribution in [3.05, 3.63) is 68.6 Å². The fourth-order valence-electron chi connectivity index (χ4n) is 4.44.